The molecule has 18 heavy (non-hydrogen) atoms. The second-order valence-corrected chi connectivity index (χ2v) is 4.11. The van der Waals surface area contributed by atoms with Crippen LogP contribution >= 0.6 is 0 Å². The fourth-order valence-corrected chi connectivity index (χ4v) is 1.44. The van der Waals surface area contributed by atoms with E-state index in [-0.39, 0.29) is 6.09 Å². The number of ether oxygens (including phenoxy) is 2. The van der Waals surface area contributed by atoms with Gasteiger partial charge in [-0.1, -0.05) is 17.7 Å². The van der Waals surface area contributed by atoms with Gasteiger partial charge in [-0.3, -0.25) is 0 Å². The molecule has 4 heteroatoms. The third kappa shape index (κ3) is 6.13. The van der Waals surface area contributed by atoms with Crippen LogP contribution in [0.25, 0.3) is 0 Å². The summed E-state index contributed by atoms with van der Waals surface area (Å²) in [5, 5.41) is 2.41. The van der Waals surface area contributed by atoms with E-state index in [1.807, 2.05) is 24.3 Å². The highest BCUT2D eigenvalue weighted by atomic mass is 16.5. The predicted molar refractivity (Wildman–Crippen MR) is 70.9 cm³/mol. The number of aryl methyl sites for hydroxylation is 1. The number of alkyl carbamates (subject to hydrolysis) is 1. The molecule has 0 spiro atoms. The number of carbonyl (C=O) groups is 1. The number of hydrogen-bond acceptors (Lipinski definition) is 3. The summed E-state index contributed by atoms with van der Waals surface area (Å²) in [7, 11) is 1.55. The van der Waals surface area contributed by atoms with Crippen LogP contribution in [0.15, 0.2) is 24.3 Å². The number of rotatable bonds is 7. The van der Waals surface area contributed by atoms with Crippen LogP contribution in [0, 0.1) is 6.92 Å². The molecule has 100 valence electrons. The SMILES string of the molecule is CNC(=O)OCCCCCOc1ccc(C)cc1. The summed E-state index contributed by atoms with van der Waals surface area (Å²) in [4.78, 5) is 10.8. The van der Waals surface area contributed by atoms with Crippen LogP contribution in [0.1, 0.15) is 24.8 Å². The monoisotopic (exact) mass is 251 g/mol. The van der Waals surface area contributed by atoms with Gasteiger partial charge in [0.15, 0.2) is 0 Å². The summed E-state index contributed by atoms with van der Waals surface area (Å²) in [5.41, 5.74) is 1.23. The molecule has 4 nitrogen and oxygen atoms in total. The molecule has 0 fully saturated rings. The predicted octanol–water partition coefficient (Wildman–Crippen LogP) is 2.90. The van der Waals surface area contributed by atoms with Crippen molar-refractivity contribution in [3.63, 3.8) is 0 Å². The summed E-state index contributed by atoms with van der Waals surface area (Å²) in [6, 6.07) is 8.02. The molecule has 1 aromatic rings. The lowest BCUT2D eigenvalue weighted by Gasteiger charge is -2.06. The van der Waals surface area contributed by atoms with Crippen molar-refractivity contribution in [2.45, 2.75) is 26.2 Å². The zero-order valence-electron chi connectivity index (χ0n) is 11.1. The second-order valence-electron chi connectivity index (χ2n) is 4.11. The Hall–Kier alpha value is -1.71. The Labute approximate surface area is 108 Å². The van der Waals surface area contributed by atoms with E-state index in [9.17, 15) is 4.79 Å². The van der Waals surface area contributed by atoms with Gasteiger partial charge in [0.05, 0.1) is 13.2 Å². The summed E-state index contributed by atoms with van der Waals surface area (Å²) in [6.07, 6.45) is 2.45. The maximum atomic E-state index is 10.8. The van der Waals surface area contributed by atoms with Crippen LogP contribution in [0.4, 0.5) is 4.79 Å². The van der Waals surface area contributed by atoms with Crippen LogP contribution in [-0.2, 0) is 4.74 Å². The lowest BCUT2D eigenvalue weighted by molar-refractivity contribution is 0.145. The first kappa shape index (κ1) is 14.4. The maximum absolute atomic E-state index is 10.8. The van der Waals surface area contributed by atoms with Crippen LogP contribution in [0.3, 0.4) is 0 Å². The van der Waals surface area contributed by atoms with Crippen molar-refractivity contribution >= 4 is 6.09 Å². The third-order valence-corrected chi connectivity index (χ3v) is 2.52. The van der Waals surface area contributed by atoms with Gasteiger partial charge in [0.2, 0.25) is 0 Å². The lowest BCUT2D eigenvalue weighted by Crippen LogP contribution is -2.19. The minimum Gasteiger partial charge on any atom is -0.494 e. The molecule has 0 radical (unpaired) electrons. The van der Waals surface area contributed by atoms with Crippen molar-refractivity contribution in [1.82, 2.24) is 5.32 Å². The highest BCUT2D eigenvalue weighted by molar-refractivity contribution is 5.66. The van der Waals surface area contributed by atoms with Gasteiger partial charge in [0, 0.05) is 7.05 Å². The molecule has 1 amide bonds. The average molecular weight is 251 g/mol. The zero-order valence-corrected chi connectivity index (χ0v) is 11.1. The van der Waals surface area contributed by atoms with E-state index in [1.54, 1.807) is 7.05 Å². The summed E-state index contributed by atoms with van der Waals surface area (Å²) in [6.45, 7) is 3.21. The molecular weight excluding hydrogens is 230 g/mol. The van der Waals surface area contributed by atoms with E-state index in [1.165, 1.54) is 5.56 Å². The largest absolute Gasteiger partial charge is 0.494 e. The first-order chi connectivity index (χ1) is 8.72. The van der Waals surface area contributed by atoms with E-state index in [0.717, 1.165) is 25.0 Å². The molecular formula is C14H21NO3. The molecule has 1 aromatic carbocycles. The number of hydrogen-bond donors (Lipinski definition) is 1. The minimum atomic E-state index is -0.370. The zero-order chi connectivity index (χ0) is 13.2. The Morgan fingerprint density at radius 1 is 1.11 bits per heavy atom. The van der Waals surface area contributed by atoms with E-state index >= 15 is 0 Å². The number of nitrogens with one attached hydrogen (secondary N) is 1. The molecule has 1 N–H and O–H groups in total. The van der Waals surface area contributed by atoms with Crippen molar-refractivity contribution in [1.29, 1.82) is 0 Å². The fraction of sp³-hybridized carbons (Fsp3) is 0.500. The van der Waals surface area contributed by atoms with Gasteiger partial charge in [-0.25, -0.2) is 4.79 Å². The van der Waals surface area contributed by atoms with Crippen molar-refractivity contribution in [3.8, 4) is 5.75 Å². The molecule has 0 aromatic heterocycles. The number of unbranched alkanes of at least 4 members (excludes halogenated alkanes) is 2. The van der Waals surface area contributed by atoms with Gasteiger partial charge >= 0.3 is 6.09 Å². The molecule has 0 heterocycles. The first-order valence-corrected chi connectivity index (χ1v) is 6.26. The second kappa shape index (κ2) is 8.39. The fourth-order valence-electron chi connectivity index (χ4n) is 1.44. The molecule has 0 atom stereocenters. The Bertz CT molecular complexity index is 349. The standard InChI is InChI=1S/C14H21NO3/c1-12-6-8-13(9-7-12)17-10-4-3-5-11-18-14(16)15-2/h6-9H,3-5,10-11H2,1-2H3,(H,15,16). The smallest absolute Gasteiger partial charge is 0.406 e. The molecule has 0 aliphatic carbocycles. The third-order valence-electron chi connectivity index (χ3n) is 2.52. The summed E-state index contributed by atoms with van der Waals surface area (Å²) in [5.74, 6) is 0.905. The summed E-state index contributed by atoms with van der Waals surface area (Å²) < 4.78 is 10.5. The molecule has 0 aliphatic heterocycles. The number of carbonyl (C=O) groups excluding carboxylic acids is 1. The van der Waals surface area contributed by atoms with Crippen LogP contribution in [0.5, 0.6) is 5.75 Å². The maximum Gasteiger partial charge on any atom is 0.406 e. The Kier molecular flexibility index (Phi) is 6.69. The summed E-state index contributed by atoms with van der Waals surface area (Å²) >= 11 is 0. The minimum absolute atomic E-state index is 0.370. The highest BCUT2D eigenvalue weighted by Crippen LogP contribution is 2.11. The Balaban J connectivity index is 1.99. The van der Waals surface area contributed by atoms with Crippen molar-refractivity contribution in [2.24, 2.45) is 0 Å². The molecule has 0 aliphatic rings. The highest BCUT2D eigenvalue weighted by Gasteiger charge is 1.97. The van der Waals surface area contributed by atoms with E-state index in [2.05, 4.69) is 12.2 Å². The topological polar surface area (TPSA) is 47.6 Å². The molecule has 0 saturated heterocycles. The molecule has 1 rings (SSSR count). The molecule has 0 bridgehead atoms. The Morgan fingerprint density at radius 2 is 1.78 bits per heavy atom. The molecule has 0 unspecified atom stereocenters. The van der Waals surface area contributed by atoms with Crippen LogP contribution in [-0.4, -0.2) is 26.4 Å². The average Bonchev–Trinajstić information content (AvgIpc) is 2.39. The van der Waals surface area contributed by atoms with Gasteiger partial charge in [0.25, 0.3) is 0 Å². The molecule has 0 saturated carbocycles. The number of benzene rings is 1. The van der Waals surface area contributed by atoms with Crippen molar-refractivity contribution in [2.75, 3.05) is 20.3 Å². The van der Waals surface area contributed by atoms with Gasteiger partial charge < -0.3 is 14.8 Å². The van der Waals surface area contributed by atoms with E-state index in [0.29, 0.717) is 13.2 Å². The van der Waals surface area contributed by atoms with Crippen molar-refractivity contribution in [3.05, 3.63) is 29.8 Å². The van der Waals surface area contributed by atoms with Gasteiger partial charge in [0.1, 0.15) is 5.75 Å². The normalized spacial score (nSPS) is 9.89. The van der Waals surface area contributed by atoms with E-state index in [4.69, 9.17) is 9.47 Å². The lowest BCUT2D eigenvalue weighted by atomic mass is 10.2. The van der Waals surface area contributed by atoms with Gasteiger partial charge in [-0.15, -0.1) is 0 Å². The number of amides is 1. The van der Waals surface area contributed by atoms with Crippen LogP contribution < -0.4 is 10.1 Å². The first-order valence-electron chi connectivity index (χ1n) is 6.26. The Morgan fingerprint density at radius 3 is 2.44 bits per heavy atom. The quantitative estimate of drug-likeness (QED) is 0.758. The van der Waals surface area contributed by atoms with Crippen LogP contribution in [0.2, 0.25) is 0 Å². The van der Waals surface area contributed by atoms with Gasteiger partial charge in [-0.2, -0.15) is 0 Å². The van der Waals surface area contributed by atoms with E-state index < -0.39 is 0 Å². The van der Waals surface area contributed by atoms with Crippen molar-refractivity contribution < 1.29 is 14.3 Å². The van der Waals surface area contributed by atoms with Gasteiger partial charge in [-0.05, 0) is 38.3 Å².